The molecule has 1 N–H and O–H groups in total. The third-order valence-corrected chi connectivity index (χ3v) is 5.21. The van der Waals surface area contributed by atoms with Gasteiger partial charge < -0.3 is 14.8 Å². The van der Waals surface area contributed by atoms with Gasteiger partial charge in [-0.2, -0.15) is 0 Å². The van der Waals surface area contributed by atoms with Gasteiger partial charge in [0.25, 0.3) is 5.91 Å². The van der Waals surface area contributed by atoms with E-state index in [9.17, 15) is 9.59 Å². The maximum Gasteiger partial charge on any atom is 0.351 e. The Kier molecular flexibility index (Phi) is 6.06. The fraction of sp³-hybridized carbons (Fsp3) is 0.190. The van der Waals surface area contributed by atoms with Crippen molar-refractivity contribution in [2.75, 3.05) is 12.4 Å². The number of carbonyl (C=O) groups excluding carboxylic acids is 2. The van der Waals surface area contributed by atoms with Crippen LogP contribution >= 0.6 is 11.3 Å². The van der Waals surface area contributed by atoms with Crippen molar-refractivity contribution in [1.29, 1.82) is 0 Å². The first-order chi connectivity index (χ1) is 13.5. The van der Waals surface area contributed by atoms with Gasteiger partial charge in [-0.3, -0.25) is 4.79 Å². The van der Waals surface area contributed by atoms with Crippen molar-refractivity contribution in [2.45, 2.75) is 20.0 Å². The fourth-order valence-corrected chi connectivity index (χ4v) is 3.49. The summed E-state index contributed by atoms with van der Waals surface area (Å²) in [5.74, 6) is -0.483. The molecule has 0 aliphatic carbocycles. The topological polar surface area (TPSA) is 77.5 Å². The molecule has 0 saturated carbocycles. The first kappa shape index (κ1) is 19.6. The van der Waals surface area contributed by atoms with Crippen LogP contribution in [0.4, 0.5) is 5.69 Å². The summed E-state index contributed by atoms with van der Waals surface area (Å²) in [4.78, 5) is 29.8. The van der Waals surface area contributed by atoms with Crippen molar-refractivity contribution in [3.05, 3.63) is 65.2 Å². The summed E-state index contributed by atoms with van der Waals surface area (Å²) in [7, 11) is 1.52. The molecule has 144 valence electrons. The molecule has 0 spiro atoms. The van der Waals surface area contributed by atoms with Crippen LogP contribution in [0.25, 0.3) is 10.6 Å². The van der Waals surface area contributed by atoms with Crippen LogP contribution in [0.1, 0.15) is 22.3 Å². The van der Waals surface area contributed by atoms with Crippen LogP contribution in [0.5, 0.6) is 5.75 Å². The molecule has 0 fully saturated rings. The Morgan fingerprint density at radius 2 is 1.75 bits per heavy atom. The van der Waals surface area contributed by atoms with Gasteiger partial charge in [0.2, 0.25) is 0 Å². The molecular formula is C21H20N2O4S. The van der Waals surface area contributed by atoms with E-state index in [0.29, 0.717) is 22.0 Å². The average Bonchev–Trinajstić information content (AvgIpc) is 3.10. The van der Waals surface area contributed by atoms with Crippen LogP contribution < -0.4 is 10.1 Å². The predicted molar refractivity (Wildman–Crippen MR) is 109 cm³/mol. The molecule has 6 nitrogen and oxygen atoms in total. The van der Waals surface area contributed by atoms with Gasteiger partial charge in [0, 0.05) is 5.56 Å². The molecule has 0 bridgehead atoms. The number of thiazole rings is 1. The normalized spacial score (nSPS) is 11.5. The minimum atomic E-state index is -0.973. The van der Waals surface area contributed by atoms with Gasteiger partial charge >= 0.3 is 5.97 Å². The van der Waals surface area contributed by atoms with Crippen LogP contribution in [-0.2, 0) is 9.53 Å². The summed E-state index contributed by atoms with van der Waals surface area (Å²) in [6, 6.07) is 16.6. The first-order valence-electron chi connectivity index (χ1n) is 8.67. The quantitative estimate of drug-likeness (QED) is 0.628. The van der Waals surface area contributed by atoms with Crippen molar-refractivity contribution < 1.29 is 19.1 Å². The van der Waals surface area contributed by atoms with Crippen molar-refractivity contribution >= 4 is 28.9 Å². The fourth-order valence-electron chi connectivity index (χ4n) is 2.54. The van der Waals surface area contributed by atoms with Crippen molar-refractivity contribution in [3.63, 3.8) is 0 Å². The highest BCUT2D eigenvalue weighted by molar-refractivity contribution is 7.17. The molecule has 0 aliphatic heterocycles. The lowest BCUT2D eigenvalue weighted by Gasteiger charge is -2.14. The van der Waals surface area contributed by atoms with Crippen molar-refractivity contribution in [2.24, 2.45) is 0 Å². The van der Waals surface area contributed by atoms with Crippen LogP contribution in [0, 0.1) is 6.92 Å². The van der Waals surface area contributed by atoms with E-state index in [2.05, 4.69) is 10.3 Å². The van der Waals surface area contributed by atoms with E-state index in [1.54, 1.807) is 31.2 Å². The largest absolute Gasteiger partial charge is 0.495 e. The van der Waals surface area contributed by atoms with Crippen LogP contribution in [0.15, 0.2) is 54.6 Å². The number of aryl methyl sites for hydroxylation is 1. The number of hydrogen-bond donors (Lipinski definition) is 1. The van der Waals surface area contributed by atoms with E-state index in [0.717, 1.165) is 10.6 Å². The summed E-state index contributed by atoms with van der Waals surface area (Å²) >= 11 is 1.25. The molecule has 0 unspecified atom stereocenters. The predicted octanol–water partition coefficient (Wildman–Crippen LogP) is 4.31. The smallest absolute Gasteiger partial charge is 0.351 e. The molecule has 1 heterocycles. The van der Waals surface area contributed by atoms with Gasteiger partial charge in [0.1, 0.15) is 15.6 Å². The molecule has 2 aromatic carbocycles. The molecule has 3 aromatic rings. The number of nitrogens with one attached hydrogen (secondary N) is 1. The number of benzene rings is 2. The molecule has 1 atom stereocenters. The van der Waals surface area contributed by atoms with Crippen LogP contribution in [0.2, 0.25) is 0 Å². The second-order valence-corrected chi connectivity index (χ2v) is 7.04. The molecule has 0 aliphatic rings. The number of methoxy groups -OCH3 is 1. The lowest BCUT2D eigenvalue weighted by Crippen LogP contribution is -2.30. The zero-order valence-corrected chi connectivity index (χ0v) is 16.6. The maximum atomic E-state index is 12.5. The summed E-state index contributed by atoms with van der Waals surface area (Å²) in [6.45, 7) is 3.27. The number of esters is 1. The highest BCUT2D eigenvalue weighted by atomic mass is 32.1. The van der Waals surface area contributed by atoms with Crippen LogP contribution in [-0.4, -0.2) is 30.1 Å². The number of carbonyl (C=O) groups is 2. The number of anilines is 1. The molecule has 1 aromatic heterocycles. The Morgan fingerprint density at radius 1 is 1.07 bits per heavy atom. The molecule has 3 rings (SSSR count). The number of amides is 1. The highest BCUT2D eigenvalue weighted by Crippen LogP contribution is 2.28. The van der Waals surface area contributed by atoms with Gasteiger partial charge in [-0.25, -0.2) is 9.78 Å². The zero-order chi connectivity index (χ0) is 20.1. The monoisotopic (exact) mass is 396 g/mol. The number of nitrogens with zero attached hydrogens (tertiary/aromatic N) is 1. The maximum absolute atomic E-state index is 12.5. The molecule has 0 saturated heterocycles. The lowest BCUT2D eigenvalue weighted by atomic mass is 10.2. The summed E-state index contributed by atoms with van der Waals surface area (Å²) in [5.41, 5.74) is 2.01. The van der Waals surface area contributed by atoms with Gasteiger partial charge in [-0.15, -0.1) is 11.3 Å². The molecular weight excluding hydrogens is 376 g/mol. The van der Waals surface area contributed by atoms with Crippen molar-refractivity contribution in [1.82, 2.24) is 4.98 Å². The Bertz CT molecular complexity index is 985. The Morgan fingerprint density at radius 3 is 2.46 bits per heavy atom. The highest BCUT2D eigenvalue weighted by Gasteiger charge is 2.23. The number of para-hydroxylation sites is 2. The average molecular weight is 396 g/mol. The number of rotatable bonds is 6. The van der Waals surface area contributed by atoms with E-state index in [4.69, 9.17) is 9.47 Å². The SMILES string of the molecule is COc1ccccc1NC(=O)[C@@H](C)OC(=O)c1sc(-c2ccccc2)nc1C. The third-order valence-electron chi connectivity index (χ3n) is 4.02. The van der Waals surface area contributed by atoms with Crippen molar-refractivity contribution in [3.8, 4) is 16.3 Å². The Hall–Kier alpha value is -3.19. The summed E-state index contributed by atoms with van der Waals surface area (Å²) in [6.07, 6.45) is -0.973. The van der Waals surface area contributed by atoms with E-state index in [1.807, 2.05) is 30.3 Å². The van der Waals surface area contributed by atoms with E-state index in [1.165, 1.54) is 25.4 Å². The molecule has 7 heteroatoms. The third kappa shape index (κ3) is 4.37. The minimum absolute atomic E-state index is 0.385. The molecule has 1 amide bonds. The Labute approximate surface area is 167 Å². The Balaban J connectivity index is 1.69. The van der Waals surface area contributed by atoms with Gasteiger partial charge in [0.05, 0.1) is 18.5 Å². The molecule has 0 radical (unpaired) electrons. The number of aromatic nitrogens is 1. The van der Waals surface area contributed by atoms with Gasteiger partial charge in [-0.1, -0.05) is 42.5 Å². The summed E-state index contributed by atoms with van der Waals surface area (Å²) < 4.78 is 10.6. The summed E-state index contributed by atoms with van der Waals surface area (Å²) in [5, 5.41) is 3.44. The minimum Gasteiger partial charge on any atom is -0.495 e. The lowest BCUT2D eigenvalue weighted by molar-refractivity contribution is -0.123. The van der Waals surface area contributed by atoms with E-state index in [-0.39, 0.29) is 0 Å². The number of hydrogen-bond acceptors (Lipinski definition) is 6. The van der Waals surface area contributed by atoms with Gasteiger partial charge in [-0.05, 0) is 26.0 Å². The second kappa shape index (κ2) is 8.67. The van der Waals surface area contributed by atoms with Crippen LogP contribution in [0.3, 0.4) is 0 Å². The standard InChI is InChI=1S/C21H20N2O4S/c1-13-18(28-20(22-13)15-9-5-4-6-10-15)21(25)27-14(2)19(24)23-16-11-7-8-12-17(16)26-3/h4-12,14H,1-3H3,(H,23,24)/t14-/m1/s1. The first-order valence-corrected chi connectivity index (χ1v) is 9.49. The molecule has 28 heavy (non-hydrogen) atoms. The number of ether oxygens (including phenoxy) is 2. The van der Waals surface area contributed by atoms with E-state index >= 15 is 0 Å². The second-order valence-electron chi connectivity index (χ2n) is 6.04. The zero-order valence-electron chi connectivity index (χ0n) is 15.8. The van der Waals surface area contributed by atoms with E-state index < -0.39 is 18.0 Å². The van der Waals surface area contributed by atoms with Gasteiger partial charge in [0.15, 0.2) is 6.10 Å².